The number of ether oxygens (including phenoxy) is 1. The van der Waals surface area contributed by atoms with Gasteiger partial charge in [-0.25, -0.2) is 4.79 Å². The summed E-state index contributed by atoms with van der Waals surface area (Å²) >= 11 is 0. The van der Waals surface area contributed by atoms with Crippen molar-refractivity contribution in [3.8, 4) is 0 Å². The van der Waals surface area contributed by atoms with E-state index in [2.05, 4.69) is 27.4 Å². The summed E-state index contributed by atoms with van der Waals surface area (Å²) in [4.78, 5) is 21.4. The van der Waals surface area contributed by atoms with Crippen LogP contribution in [0, 0.1) is 5.41 Å². The summed E-state index contributed by atoms with van der Waals surface area (Å²) in [5, 5.41) is 7.38. The van der Waals surface area contributed by atoms with E-state index < -0.39 is 0 Å². The number of rotatable bonds is 4. The maximum absolute atomic E-state index is 12.5. The van der Waals surface area contributed by atoms with E-state index in [0.717, 1.165) is 57.6 Å². The molecule has 3 aliphatic rings. The lowest BCUT2D eigenvalue weighted by Crippen LogP contribution is -2.49. The van der Waals surface area contributed by atoms with Crippen LogP contribution in [0.5, 0.6) is 0 Å². The fourth-order valence-electron chi connectivity index (χ4n) is 5.03. The summed E-state index contributed by atoms with van der Waals surface area (Å²) in [6.45, 7) is 3.03. The van der Waals surface area contributed by atoms with Crippen LogP contribution in [0.1, 0.15) is 62.7 Å². The first-order valence-electron chi connectivity index (χ1n) is 10.2. The molecule has 1 N–H and O–H groups in total. The lowest BCUT2D eigenvalue weighted by Gasteiger charge is -2.39. The van der Waals surface area contributed by atoms with Gasteiger partial charge in [0.1, 0.15) is 6.61 Å². The summed E-state index contributed by atoms with van der Waals surface area (Å²) in [5.74, 6) is 1.28. The highest BCUT2D eigenvalue weighted by Gasteiger charge is 2.46. The first-order chi connectivity index (χ1) is 13.1. The number of nitrogens with zero attached hydrogens (tertiary/aromatic N) is 4. The lowest BCUT2D eigenvalue weighted by molar-refractivity contribution is 0.120. The Labute approximate surface area is 160 Å². The van der Waals surface area contributed by atoms with Crippen molar-refractivity contribution in [2.75, 3.05) is 33.8 Å². The predicted octanol–water partition coefficient (Wildman–Crippen LogP) is 2.33. The molecule has 8 heteroatoms. The molecule has 0 aromatic carbocycles. The average Bonchev–Trinajstić information content (AvgIpc) is 3.38. The molecule has 1 saturated carbocycles. The van der Waals surface area contributed by atoms with Crippen LogP contribution in [0.15, 0.2) is 4.52 Å². The van der Waals surface area contributed by atoms with Gasteiger partial charge < -0.3 is 19.5 Å². The lowest BCUT2D eigenvalue weighted by atomic mass is 9.76. The molecule has 1 aliphatic carbocycles. The highest BCUT2D eigenvalue weighted by atomic mass is 16.5. The minimum absolute atomic E-state index is 0.127. The van der Waals surface area contributed by atoms with Crippen LogP contribution >= 0.6 is 0 Å². The molecule has 3 fully saturated rings. The molecule has 0 bridgehead atoms. The van der Waals surface area contributed by atoms with Crippen molar-refractivity contribution in [1.29, 1.82) is 0 Å². The molecule has 0 radical (unpaired) electrons. The minimum Gasteiger partial charge on any atom is -0.375 e. The topological polar surface area (TPSA) is 83.7 Å². The first kappa shape index (κ1) is 18.7. The number of carbonyl (C=O) groups is 1. The SMILES string of the molecule is COCc1nc(C2CC3(CCN(C(=O)NC4CCCC4)CC3)CN2C)no1. The fourth-order valence-corrected chi connectivity index (χ4v) is 5.03. The maximum atomic E-state index is 12.5. The van der Waals surface area contributed by atoms with Gasteiger partial charge in [-0.05, 0) is 44.6 Å². The molecule has 3 heterocycles. The van der Waals surface area contributed by atoms with Gasteiger partial charge in [-0.3, -0.25) is 4.90 Å². The highest BCUT2D eigenvalue weighted by molar-refractivity contribution is 5.74. The Bertz CT molecular complexity index is 650. The number of amides is 2. The number of hydrogen-bond acceptors (Lipinski definition) is 6. The molecule has 4 rings (SSSR count). The van der Waals surface area contributed by atoms with E-state index in [1.165, 1.54) is 12.8 Å². The summed E-state index contributed by atoms with van der Waals surface area (Å²) < 4.78 is 10.3. The van der Waals surface area contributed by atoms with Crippen molar-refractivity contribution in [1.82, 2.24) is 25.3 Å². The average molecular weight is 377 g/mol. The van der Waals surface area contributed by atoms with Crippen molar-refractivity contribution in [3.05, 3.63) is 11.7 Å². The van der Waals surface area contributed by atoms with Gasteiger partial charge >= 0.3 is 6.03 Å². The van der Waals surface area contributed by atoms with Crippen molar-refractivity contribution < 1.29 is 14.1 Å². The van der Waals surface area contributed by atoms with Gasteiger partial charge in [0.25, 0.3) is 5.89 Å². The van der Waals surface area contributed by atoms with Crippen LogP contribution in [0.25, 0.3) is 0 Å². The number of methoxy groups -OCH3 is 1. The Balaban J connectivity index is 1.33. The number of hydrogen-bond donors (Lipinski definition) is 1. The van der Waals surface area contributed by atoms with Gasteiger partial charge in [-0.1, -0.05) is 18.0 Å². The monoisotopic (exact) mass is 377 g/mol. The second-order valence-electron chi connectivity index (χ2n) is 8.53. The third kappa shape index (κ3) is 3.96. The standard InChI is InChI=1S/C19H31N5O3/c1-23-13-19(11-15(23)17-21-16(12-26-2)27-22-17)7-9-24(10-8-19)18(25)20-14-5-3-4-6-14/h14-15H,3-13H2,1-2H3,(H,20,25). The molecule has 1 aromatic heterocycles. The molecule has 1 atom stereocenters. The van der Waals surface area contributed by atoms with Gasteiger partial charge in [0.2, 0.25) is 0 Å². The van der Waals surface area contributed by atoms with E-state index in [-0.39, 0.29) is 17.5 Å². The zero-order valence-corrected chi connectivity index (χ0v) is 16.4. The number of urea groups is 1. The van der Waals surface area contributed by atoms with Crippen LogP contribution in [0.2, 0.25) is 0 Å². The van der Waals surface area contributed by atoms with E-state index in [1.807, 2.05) is 4.90 Å². The zero-order valence-electron chi connectivity index (χ0n) is 16.4. The van der Waals surface area contributed by atoms with E-state index in [1.54, 1.807) is 7.11 Å². The number of nitrogens with one attached hydrogen (secondary N) is 1. The Hall–Kier alpha value is -1.67. The Morgan fingerprint density at radius 2 is 2.07 bits per heavy atom. The normalized spacial score (nSPS) is 26.1. The molecule has 2 amide bonds. The van der Waals surface area contributed by atoms with E-state index in [4.69, 9.17) is 9.26 Å². The second-order valence-corrected chi connectivity index (χ2v) is 8.53. The summed E-state index contributed by atoms with van der Waals surface area (Å²) in [6, 6.07) is 0.690. The Kier molecular flexibility index (Phi) is 5.36. The van der Waals surface area contributed by atoms with Crippen molar-refractivity contribution in [3.63, 3.8) is 0 Å². The van der Waals surface area contributed by atoms with E-state index in [9.17, 15) is 4.79 Å². The van der Waals surface area contributed by atoms with Crippen molar-refractivity contribution in [2.24, 2.45) is 5.41 Å². The fraction of sp³-hybridized carbons (Fsp3) is 0.842. The van der Waals surface area contributed by atoms with Gasteiger partial charge in [0, 0.05) is 32.8 Å². The van der Waals surface area contributed by atoms with Crippen LogP contribution in [-0.4, -0.2) is 65.8 Å². The zero-order chi connectivity index (χ0) is 18.9. The highest BCUT2D eigenvalue weighted by Crippen LogP contribution is 2.47. The third-order valence-electron chi connectivity index (χ3n) is 6.59. The molecule has 27 heavy (non-hydrogen) atoms. The molecule has 150 valence electrons. The van der Waals surface area contributed by atoms with Crippen LogP contribution < -0.4 is 5.32 Å². The molecular formula is C19H31N5O3. The largest absolute Gasteiger partial charge is 0.375 e. The van der Waals surface area contributed by atoms with Crippen molar-refractivity contribution in [2.45, 2.75) is 63.6 Å². The molecule has 2 aliphatic heterocycles. The Morgan fingerprint density at radius 1 is 1.33 bits per heavy atom. The number of aromatic nitrogens is 2. The van der Waals surface area contributed by atoms with Gasteiger partial charge in [-0.15, -0.1) is 0 Å². The molecule has 2 saturated heterocycles. The van der Waals surface area contributed by atoms with Crippen LogP contribution in [-0.2, 0) is 11.3 Å². The van der Waals surface area contributed by atoms with Gasteiger partial charge in [0.05, 0.1) is 6.04 Å². The van der Waals surface area contributed by atoms with Gasteiger partial charge in [0.15, 0.2) is 5.82 Å². The molecule has 1 unspecified atom stereocenters. The number of likely N-dealkylation sites (tertiary alicyclic amines) is 2. The summed E-state index contributed by atoms with van der Waals surface area (Å²) in [5.41, 5.74) is 0.242. The summed E-state index contributed by atoms with van der Waals surface area (Å²) in [6.07, 6.45) is 7.84. The van der Waals surface area contributed by atoms with Crippen LogP contribution in [0.3, 0.4) is 0 Å². The molecule has 8 nitrogen and oxygen atoms in total. The summed E-state index contributed by atoms with van der Waals surface area (Å²) in [7, 11) is 3.75. The third-order valence-corrected chi connectivity index (χ3v) is 6.59. The molecular weight excluding hydrogens is 346 g/mol. The van der Waals surface area contributed by atoms with Gasteiger partial charge in [-0.2, -0.15) is 4.98 Å². The van der Waals surface area contributed by atoms with E-state index in [0.29, 0.717) is 18.5 Å². The van der Waals surface area contributed by atoms with Crippen LogP contribution in [0.4, 0.5) is 4.79 Å². The maximum Gasteiger partial charge on any atom is 0.317 e. The quantitative estimate of drug-likeness (QED) is 0.867. The van der Waals surface area contributed by atoms with E-state index >= 15 is 0 Å². The Morgan fingerprint density at radius 3 is 2.78 bits per heavy atom. The molecule has 1 aromatic rings. The second kappa shape index (κ2) is 7.75. The first-order valence-corrected chi connectivity index (χ1v) is 10.2. The number of piperidine rings is 1. The molecule has 1 spiro atoms. The smallest absolute Gasteiger partial charge is 0.317 e. The number of carbonyl (C=O) groups excluding carboxylic acids is 1. The predicted molar refractivity (Wildman–Crippen MR) is 99.0 cm³/mol. The minimum atomic E-state index is 0.127. The van der Waals surface area contributed by atoms with Crippen molar-refractivity contribution >= 4 is 6.03 Å².